The minimum atomic E-state index is 0.0490. The Labute approximate surface area is 164 Å². The Morgan fingerprint density at radius 1 is 1.04 bits per heavy atom. The second kappa shape index (κ2) is 7.34. The fraction of sp³-hybridized carbons (Fsp3) is 0.455. The fourth-order valence-electron chi connectivity index (χ4n) is 4.50. The number of hydrogen-bond acceptors (Lipinski definition) is 4. The van der Waals surface area contributed by atoms with E-state index < -0.39 is 0 Å². The van der Waals surface area contributed by atoms with Crippen molar-refractivity contribution in [1.29, 1.82) is 0 Å². The average molecular weight is 375 g/mol. The SMILES string of the molecule is O=C(c1cccc2nccnc12)N1CCC[C@@H](c2nccn2CC2CCC2)C1. The van der Waals surface area contributed by atoms with Crippen LogP contribution in [0.4, 0.5) is 0 Å². The van der Waals surface area contributed by atoms with Gasteiger partial charge in [0.1, 0.15) is 11.3 Å². The number of nitrogens with zero attached hydrogens (tertiary/aromatic N) is 5. The van der Waals surface area contributed by atoms with Crippen LogP contribution in [0.2, 0.25) is 0 Å². The van der Waals surface area contributed by atoms with Gasteiger partial charge in [-0.3, -0.25) is 14.8 Å². The molecule has 0 N–H and O–H groups in total. The Balaban J connectivity index is 1.37. The van der Waals surface area contributed by atoms with E-state index in [1.807, 2.05) is 29.3 Å². The predicted octanol–water partition coefficient (Wildman–Crippen LogP) is 3.65. The minimum absolute atomic E-state index is 0.0490. The van der Waals surface area contributed by atoms with E-state index >= 15 is 0 Å². The van der Waals surface area contributed by atoms with Crippen LogP contribution in [0.3, 0.4) is 0 Å². The molecule has 6 heteroatoms. The van der Waals surface area contributed by atoms with E-state index in [-0.39, 0.29) is 5.91 Å². The molecule has 1 atom stereocenters. The molecule has 0 radical (unpaired) electrons. The second-order valence-electron chi connectivity index (χ2n) is 8.05. The van der Waals surface area contributed by atoms with Crippen molar-refractivity contribution >= 4 is 16.9 Å². The number of carbonyl (C=O) groups excluding carboxylic acids is 1. The molecular weight excluding hydrogens is 350 g/mol. The lowest BCUT2D eigenvalue weighted by molar-refractivity contribution is 0.0704. The van der Waals surface area contributed by atoms with Crippen molar-refractivity contribution in [3.8, 4) is 0 Å². The molecule has 0 unspecified atom stereocenters. The van der Waals surface area contributed by atoms with Gasteiger partial charge >= 0.3 is 0 Å². The molecule has 1 aliphatic carbocycles. The zero-order valence-electron chi connectivity index (χ0n) is 16.0. The van der Waals surface area contributed by atoms with Crippen LogP contribution in [0, 0.1) is 5.92 Å². The quantitative estimate of drug-likeness (QED) is 0.698. The summed E-state index contributed by atoms with van der Waals surface area (Å²) in [5.41, 5.74) is 2.09. The van der Waals surface area contributed by atoms with Gasteiger partial charge in [0, 0.05) is 50.3 Å². The van der Waals surface area contributed by atoms with Gasteiger partial charge in [-0.2, -0.15) is 0 Å². The molecule has 2 aliphatic rings. The Bertz CT molecular complexity index is 988. The molecule has 3 heterocycles. The number of imidazole rings is 1. The number of likely N-dealkylation sites (tertiary alicyclic amines) is 1. The van der Waals surface area contributed by atoms with Gasteiger partial charge in [0.25, 0.3) is 5.91 Å². The average Bonchev–Trinajstić information content (AvgIpc) is 3.18. The Morgan fingerprint density at radius 3 is 2.79 bits per heavy atom. The number of piperidine rings is 1. The van der Waals surface area contributed by atoms with Gasteiger partial charge in [-0.1, -0.05) is 12.5 Å². The summed E-state index contributed by atoms with van der Waals surface area (Å²) in [5.74, 6) is 2.28. The van der Waals surface area contributed by atoms with E-state index in [1.54, 1.807) is 12.4 Å². The van der Waals surface area contributed by atoms with Gasteiger partial charge in [-0.25, -0.2) is 4.98 Å². The number of rotatable bonds is 4. The molecule has 5 rings (SSSR count). The van der Waals surface area contributed by atoms with Crippen LogP contribution < -0.4 is 0 Å². The molecule has 1 amide bonds. The van der Waals surface area contributed by atoms with Crippen LogP contribution in [0.1, 0.15) is 54.2 Å². The van der Waals surface area contributed by atoms with Crippen molar-refractivity contribution in [3.63, 3.8) is 0 Å². The third-order valence-corrected chi connectivity index (χ3v) is 6.23. The molecule has 2 aromatic heterocycles. The lowest BCUT2D eigenvalue weighted by Crippen LogP contribution is -2.40. The van der Waals surface area contributed by atoms with Gasteiger partial charge in [0.15, 0.2) is 0 Å². The molecule has 1 saturated heterocycles. The van der Waals surface area contributed by atoms with Crippen LogP contribution in [0.5, 0.6) is 0 Å². The molecule has 0 bridgehead atoms. The van der Waals surface area contributed by atoms with Crippen molar-refractivity contribution in [1.82, 2.24) is 24.4 Å². The fourth-order valence-corrected chi connectivity index (χ4v) is 4.50. The first kappa shape index (κ1) is 17.3. The van der Waals surface area contributed by atoms with Crippen LogP contribution in [-0.2, 0) is 6.54 Å². The highest BCUT2D eigenvalue weighted by atomic mass is 16.2. The highest BCUT2D eigenvalue weighted by Gasteiger charge is 2.29. The topological polar surface area (TPSA) is 63.9 Å². The van der Waals surface area contributed by atoms with Crippen molar-refractivity contribution in [2.24, 2.45) is 5.92 Å². The van der Waals surface area contributed by atoms with Crippen LogP contribution in [-0.4, -0.2) is 43.4 Å². The summed E-state index contributed by atoms with van der Waals surface area (Å²) in [6.07, 6.45) is 13.4. The summed E-state index contributed by atoms with van der Waals surface area (Å²) in [5, 5.41) is 0. The number of carbonyl (C=O) groups is 1. The molecule has 1 aliphatic heterocycles. The molecule has 2 fully saturated rings. The third kappa shape index (κ3) is 3.17. The first-order chi connectivity index (χ1) is 13.8. The summed E-state index contributed by atoms with van der Waals surface area (Å²) in [7, 11) is 0. The number of amides is 1. The van der Waals surface area contributed by atoms with Gasteiger partial charge in [-0.05, 0) is 43.7 Å². The van der Waals surface area contributed by atoms with Crippen LogP contribution in [0.25, 0.3) is 11.0 Å². The van der Waals surface area contributed by atoms with E-state index in [1.165, 1.54) is 19.3 Å². The lowest BCUT2D eigenvalue weighted by atomic mass is 9.85. The van der Waals surface area contributed by atoms with Crippen molar-refractivity contribution in [3.05, 3.63) is 54.4 Å². The molecular formula is C22H25N5O. The normalized spacial score (nSPS) is 20.3. The molecule has 144 valence electrons. The van der Waals surface area contributed by atoms with E-state index in [0.717, 1.165) is 49.7 Å². The molecule has 1 aromatic carbocycles. The number of hydrogen-bond donors (Lipinski definition) is 0. The first-order valence-corrected chi connectivity index (χ1v) is 10.3. The smallest absolute Gasteiger partial charge is 0.256 e. The van der Waals surface area contributed by atoms with E-state index in [4.69, 9.17) is 0 Å². The summed E-state index contributed by atoms with van der Waals surface area (Å²) >= 11 is 0. The van der Waals surface area contributed by atoms with Crippen LogP contribution in [0.15, 0.2) is 43.0 Å². The van der Waals surface area contributed by atoms with Crippen molar-refractivity contribution < 1.29 is 4.79 Å². The molecule has 28 heavy (non-hydrogen) atoms. The molecule has 0 spiro atoms. The van der Waals surface area contributed by atoms with Crippen molar-refractivity contribution in [2.75, 3.05) is 13.1 Å². The molecule has 3 aromatic rings. The number of fused-ring (bicyclic) bond motifs is 1. The largest absolute Gasteiger partial charge is 0.338 e. The summed E-state index contributed by atoms with van der Waals surface area (Å²) in [6.45, 7) is 2.57. The maximum Gasteiger partial charge on any atom is 0.256 e. The number of benzene rings is 1. The monoisotopic (exact) mass is 375 g/mol. The first-order valence-electron chi connectivity index (χ1n) is 10.3. The van der Waals surface area contributed by atoms with Gasteiger partial charge in [-0.15, -0.1) is 0 Å². The zero-order valence-corrected chi connectivity index (χ0v) is 16.0. The van der Waals surface area contributed by atoms with Gasteiger partial charge in [0.2, 0.25) is 0 Å². The molecule has 6 nitrogen and oxygen atoms in total. The number of para-hydroxylation sites is 1. The summed E-state index contributed by atoms with van der Waals surface area (Å²) in [6, 6.07) is 5.65. The van der Waals surface area contributed by atoms with E-state index in [2.05, 4.69) is 25.7 Å². The highest BCUT2D eigenvalue weighted by Crippen LogP contribution is 2.31. The molecule has 1 saturated carbocycles. The summed E-state index contributed by atoms with van der Waals surface area (Å²) < 4.78 is 2.33. The van der Waals surface area contributed by atoms with Gasteiger partial charge < -0.3 is 9.47 Å². The summed E-state index contributed by atoms with van der Waals surface area (Å²) in [4.78, 5) is 28.7. The minimum Gasteiger partial charge on any atom is -0.338 e. The Kier molecular flexibility index (Phi) is 4.55. The maximum absolute atomic E-state index is 13.3. The predicted molar refractivity (Wildman–Crippen MR) is 107 cm³/mol. The third-order valence-electron chi connectivity index (χ3n) is 6.23. The lowest BCUT2D eigenvalue weighted by Gasteiger charge is -2.34. The van der Waals surface area contributed by atoms with Crippen LogP contribution >= 0.6 is 0 Å². The van der Waals surface area contributed by atoms with E-state index in [9.17, 15) is 4.79 Å². The second-order valence-corrected chi connectivity index (χ2v) is 8.05. The van der Waals surface area contributed by atoms with Gasteiger partial charge in [0.05, 0.1) is 11.1 Å². The highest BCUT2D eigenvalue weighted by molar-refractivity contribution is 6.04. The maximum atomic E-state index is 13.3. The van der Waals surface area contributed by atoms with Crippen molar-refractivity contribution in [2.45, 2.75) is 44.6 Å². The van der Waals surface area contributed by atoms with E-state index in [0.29, 0.717) is 17.0 Å². The Hall–Kier alpha value is -2.76. The standard InChI is InChI=1S/C22H25N5O/c28-22(18-7-2-8-19-20(18)24-10-9-23-19)27-12-3-6-17(15-27)21-25-11-13-26(21)14-16-4-1-5-16/h2,7-11,13,16-17H,1,3-6,12,14-15H2/t17-/m1/s1. The zero-order chi connectivity index (χ0) is 18.9. The number of aromatic nitrogens is 4. The Morgan fingerprint density at radius 2 is 1.93 bits per heavy atom.